The number of nitrogens with two attached hydrogens (primary N) is 1. The van der Waals surface area contributed by atoms with Gasteiger partial charge in [0.1, 0.15) is 0 Å². The fraction of sp³-hybridized carbons (Fsp3) is 0.111. The van der Waals surface area contributed by atoms with E-state index in [1.54, 1.807) is 0 Å². The van der Waals surface area contributed by atoms with Crippen LogP contribution in [0.1, 0.15) is 11.3 Å². The highest BCUT2D eigenvalue weighted by atomic mass is 15.0. The van der Waals surface area contributed by atoms with E-state index < -0.39 is 0 Å². The van der Waals surface area contributed by atoms with E-state index in [1.807, 2.05) is 18.2 Å². The number of anilines is 1. The maximum Gasteiger partial charge on any atom is 0.0531 e. The van der Waals surface area contributed by atoms with Crippen molar-refractivity contribution in [2.45, 2.75) is 13.8 Å². The highest BCUT2D eigenvalue weighted by Crippen LogP contribution is 2.28. The van der Waals surface area contributed by atoms with Gasteiger partial charge in [0.05, 0.1) is 11.4 Å². The van der Waals surface area contributed by atoms with Crippen molar-refractivity contribution in [3.05, 3.63) is 71.9 Å². The van der Waals surface area contributed by atoms with Crippen molar-refractivity contribution in [1.82, 2.24) is 4.57 Å². The molecule has 0 saturated carbocycles. The number of nitrogens with zero attached hydrogens (tertiary/aromatic N) is 1. The molecule has 100 valence electrons. The molecule has 2 aromatic carbocycles. The summed E-state index contributed by atoms with van der Waals surface area (Å²) in [4.78, 5) is 0. The van der Waals surface area contributed by atoms with E-state index >= 15 is 0 Å². The van der Waals surface area contributed by atoms with Crippen LogP contribution in [0.15, 0.2) is 60.7 Å². The summed E-state index contributed by atoms with van der Waals surface area (Å²) in [7, 11) is 0. The van der Waals surface area contributed by atoms with Crippen LogP contribution < -0.4 is 5.73 Å². The lowest BCUT2D eigenvalue weighted by atomic mass is 10.1. The maximum absolute atomic E-state index is 5.96. The summed E-state index contributed by atoms with van der Waals surface area (Å²) in [6.07, 6.45) is 0. The normalized spacial score (nSPS) is 10.7. The highest BCUT2D eigenvalue weighted by Gasteiger charge is 2.11. The summed E-state index contributed by atoms with van der Waals surface area (Å²) in [6, 6.07) is 20.8. The third-order valence-corrected chi connectivity index (χ3v) is 3.62. The molecule has 0 atom stereocenters. The minimum atomic E-state index is 0.790. The first kappa shape index (κ1) is 12.5. The van der Waals surface area contributed by atoms with Gasteiger partial charge in [-0.05, 0) is 49.2 Å². The predicted octanol–water partition coefficient (Wildman–Crippen LogP) is 4.34. The van der Waals surface area contributed by atoms with Crippen molar-refractivity contribution >= 4 is 5.69 Å². The zero-order valence-electron chi connectivity index (χ0n) is 11.8. The molecule has 3 rings (SSSR count). The summed E-state index contributed by atoms with van der Waals surface area (Å²) < 4.78 is 2.26. The largest absolute Gasteiger partial charge is 0.399 e. The second kappa shape index (κ2) is 4.89. The second-order valence-corrected chi connectivity index (χ2v) is 5.11. The standard InChI is InChI=1S/C18H18N2/c1-13-8-10-16(19)12-18(13)20-14(2)9-11-17(20)15-6-4-3-5-7-15/h3-12H,19H2,1-2H3. The lowest BCUT2D eigenvalue weighted by molar-refractivity contribution is 1.01. The van der Waals surface area contributed by atoms with Crippen molar-refractivity contribution in [2.24, 2.45) is 0 Å². The predicted molar refractivity (Wildman–Crippen MR) is 85.1 cm³/mol. The molecule has 0 unspecified atom stereocenters. The summed E-state index contributed by atoms with van der Waals surface area (Å²) >= 11 is 0. The Morgan fingerprint density at radius 2 is 1.60 bits per heavy atom. The van der Waals surface area contributed by atoms with E-state index in [0.717, 1.165) is 11.4 Å². The summed E-state index contributed by atoms with van der Waals surface area (Å²) in [5, 5.41) is 0. The lowest BCUT2D eigenvalue weighted by Crippen LogP contribution is -2.02. The van der Waals surface area contributed by atoms with E-state index in [0.29, 0.717) is 0 Å². The molecule has 0 aliphatic heterocycles. The van der Waals surface area contributed by atoms with E-state index in [2.05, 4.69) is 60.9 Å². The van der Waals surface area contributed by atoms with E-state index in [9.17, 15) is 0 Å². The molecule has 1 aromatic heterocycles. The van der Waals surface area contributed by atoms with Crippen molar-refractivity contribution in [2.75, 3.05) is 5.73 Å². The van der Waals surface area contributed by atoms with Crippen LogP contribution in [0.2, 0.25) is 0 Å². The molecule has 0 fully saturated rings. The molecule has 0 saturated heterocycles. The van der Waals surface area contributed by atoms with Crippen LogP contribution in [0.25, 0.3) is 16.9 Å². The van der Waals surface area contributed by atoms with Crippen molar-refractivity contribution < 1.29 is 0 Å². The quantitative estimate of drug-likeness (QED) is 0.684. The van der Waals surface area contributed by atoms with Gasteiger partial charge in [-0.2, -0.15) is 0 Å². The van der Waals surface area contributed by atoms with Gasteiger partial charge in [-0.3, -0.25) is 0 Å². The minimum Gasteiger partial charge on any atom is -0.399 e. The Labute approximate surface area is 119 Å². The average Bonchev–Trinajstić information content (AvgIpc) is 2.84. The third kappa shape index (κ3) is 2.10. The van der Waals surface area contributed by atoms with E-state index in [-0.39, 0.29) is 0 Å². The summed E-state index contributed by atoms with van der Waals surface area (Å²) in [5.41, 5.74) is 12.7. The van der Waals surface area contributed by atoms with Crippen molar-refractivity contribution in [1.29, 1.82) is 0 Å². The number of rotatable bonds is 2. The van der Waals surface area contributed by atoms with E-state index in [4.69, 9.17) is 5.73 Å². The molecule has 20 heavy (non-hydrogen) atoms. The average molecular weight is 262 g/mol. The van der Waals surface area contributed by atoms with Gasteiger partial charge < -0.3 is 10.3 Å². The first-order chi connectivity index (χ1) is 9.66. The third-order valence-electron chi connectivity index (χ3n) is 3.62. The first-order valence-corrected chi connectivity index (χ1v) is 6.77. The van der Waals surface area contributed by atoms with Gasteiger partial charge >= 0.3 is 0 Å². The molecular formula is C18H18N2. The molecule has 0 spiro atoms. The molecule has 0 radical (unpaired) electrons. The molecule has 1 heterocycles. The highest BCUT2D eigenvalue weighted by molar-refractivity contribution is 5.66. The summed E-state index contributed by atoms with van der Waals surface area (Å²) in [6.45, 7) is 4.23. The smallest absolute Gasteiger partial charge is 0.0531 e. The van der Waals surface area contributed by atoms with Gasteiger partial charge in [0, 0.05) is 11.4 Å². The molecule has 0 amide bonds. The van der Waals surface area contributed by atoms with Gasteiger partial charge in [0.15, 0.2) is 0 Å². The molecule has 3 aromatic rings. The maximum atomic E-state index is 5.96. The van der Waals surface area contributed by atoms with Crippen LogP contribution in [0.3, 0.4) is 0 Å². The Hall–Kier alpha value is -2.48. The van der Waals surface area contributed by atoms with Crippen molar-refractivity contribution in [3.8, 4) is 16.9 Å². The number of aryl methyl sites for hydroxylation is 2. The van der Waals surface area contributed by atoms with Crippen LogP contribution in [0, 0.1) is 13.8 Å². The lowest BCUT2D eigenvalue weighted by Gasteiger charge is -2.15. The Morgan fingerprint density at radius 1 is 0.850 bits per heavy atom. The van der Waals surface area contributed by atoms with Crippen LogP contribution in [0.5, 0.6) is 0 Å². The number of aromatic nitrogens is 1. The Kier molecular flexibility index (Phi) is 3.07. The second-order valence-electron chi connectivity index (χ2n) is 5.11. The molecule has 0 bridgehead atoms. The Balaban J connectivity index is 2.24. The van der Waals surface area contributed by atoms with Gasteiger partial charge in [0.2, 0.25) is 0 Å². The van der Waals surface area contributed by atoms with Crippen LogP contribution in [-0.2, 0) is 0 Å². The van der Waals surface area contributed by atoms with Gasteiger partial charge in [-0.25, -0.2) is 0 Å². The van der Waals surface area contributed by atoms with Crippen LogP contribution in [0.4, 0.5) is 5.69 Å². The molecular weight excluding hydrogens is 244 g/mol. The SMILES string of the molecule is Cc1ccc(N)cc1-n1c(C)ccc1-c1ccccc1. The van der Waals surface area contributed by atoms with Crippen LogP contribution in [-0.4, -0.2) is 4.57 Å². The molecule has 2 heteroatoms. The topological polar surface area (TPSA) is 30.9 Å². The van der Waals surface area contributed by atoms with Gasteiger partial charge in [-0.1, -0.05) is 36.4 Å². The molecule has 2 nitrogen and oxygen atoms in total. The van der Waals surface area contributed by atoms with Gasteiger partial charge in [-0.15, -0.1) is 0 Å². The molecule has 0 aliphatic rings. The Morgan fingerprint density at radius 3 is 2.35 bits per heavy atom. The van der Waals surface area contributed by atoms with Gasteiger partial charge in [0.25, 0.3) is 0 Å². The first-order valence-electron chi connectivity index (χ1n) is 6.77. The zero-order valence-corrected chi connectivity index (χ0v) is 11.8. The number of hydrogen-bond acceptors (Lipinski definition) is 1. The number of nitrogen functional groups attached to an aromatic ring is 1. The Bertz CT molecular complexity index is 739. The van der Waals surface area contributed by atoms with Crippen molar-refractivity contribution in [3.63, 3.8) is 0 Å². The molecule has 0 aliphatic carbocycles. The number of hydrogen-bond donors (Lipinski definition) is 1. The zero-order chi connectivity index (χ0) is 14.1. The molecule has 2 N–H and O–H groups in total. The number of benzene rings is 2. The van der Waals surface area contributed by atoms with Crippen LogP contribution >= 0.6 is 0 Å². The monoisotopic (exact) mass is 262 g/mol. The fourth-order valence-corrected chi connectivity index (χ4v) is 2.56. The van der Waals surface area contributed by atoms with E-state index in [1.165, 1.54) is 22.5 Å². The fourth-order valence-electron chi connectivity index (χ4n) is 2.56. The minimum absolute atomic E-state index is 0.790. The summed E-state index contributed by atoms with van der Waals surface area (Å²) in [5.74, 6) is 0.